The monoisotopic (exact) mass is 292 g/mol. The highest BCUT2D eigenvalue weighted by Gasteiger charge is 2.17. The molecule has 0 saturated carbocycles. The molecule has 116 valence electrons. The number of hydrogen-bond donors (Lipinski definition) is 2. The van der Waals surface area contributed by atoms with Gasteiger partial charge in [-0.1, -0.05) is 31.5 Å². The summed E-state index contributed by atoms with van der Waals surface area (Å²) in [7, 11) is 0. The predicted octanol–water partition coefficient (Wildman–Crippen LogP) is 3.26. The van der Waals surface area contributed by atoms with Crippen molar-refractivity contribution in [2.45, 2.75) is 45.6 Å². The molecule has 2 N–H and O–H groups in total. The van der Waals surface area contributed by atoms with E-state index in [1.54, 1.807) is 4.90 Å². The van der Waals surface area contributed by atoms with E-state index in [1.807, 2.05) is 37.3 Å². The Bertz CT molecular complexity index is 448. The molecule has 1 aromatic rings. The van der Waals surface area contributed by atoms with Gasteiger partial charge in [0.15, 0.2) is 0 Å². The van der Waals surface area contributed by atoms with Gasteiger partial charge >= 0.3 is 12.0 Å². The lowest BCUT2D eigenvalue weighted by atomic mass is 10.2. The first-order valence-electron chi connectivity index (χ1n) is 7.39. The molecule has 0 aromatic heterocycles. The molecule has 1 unspecified atom stereocenters. The molecule has 2 amide bonds. The van der Waals surface area contributed by atoms with Crippen LogP contribution in [0.2, 0.25) is 0 Å². The molecule has 0 radical (unpaired) electrons. The SMILES string of the molecule is CCCC(C)NC(=O)N(CCCC(=O)O)c1ccccc1. The van der Waals surface area contributed by atoms with Crippen molar-refractivity contribution in [1.82, 2.24) is 5.32 Å². The van der Waals surface area contributed by atoms with E-state index in [0.29, 0.717) is 13.0 Å². The molecule has 0 aliphatic carbocycles. The summed E-state index contributed by atoms with van der Waals surface area (Å²) in [4.78, 5) is 24.6. The third-order valence-corrected chi connectivity index (χ3v) is 3.18. The van der Waals surface area contributed by atoms with Gasteiger partial charge in [-0.05, 0) is 31.9 Å². The van der Waals surface area contributed by atoms with Crippen molar-refractivity contribution in [3.05, 3.63) is 30.3 Å². The molecule has 1 atom stereocenters. The molecule has 0 saturated heterocycles. The number of para-hydroxylation sites is 1. The molecule has 5 heteroatoms. The minimum Gasteiger partial charge on any atom is -0.481 e. The average Bonchev–Trinajstić information content (AvgIpc) is 2.44. The number of carboxylic acids is 1. The van der Waals surface area contributed by atoms with Crippen molar-refractivity contribution < 1.29 is 14.7 Å². The van der Waals surface area contributed by atoms with Gasteiger partial charge in [0.1, 0.15) is 0 Å². The van der Waals surface area contributed by atoms with E-state index in [2.05, 4.69) is 12.2 Å². The highest BCUT2D eigenvalue weighted by atomic mass is 16.4. The molecule has 0 spiro atoms. The zero-order valence-corrected chi connectivity index (χ0v) is 12.7. The lowest BCUT2D eigenvalue weighted by Crippen LogP contribution is -2.44. The van der Waals surface area contributed by atoms with E-state index in [1.165, 1.54) is 0 Å². The summed E-state index contributed by atoms with van der Waals surface area (Å²) in [6.45, 7) is 4.44. The Morgan fingerprint density at radius 2 is 1.95 bits per heavy atom. The number of carboxylic acid groups (broad SMARTS) is 1. The van der Waals surface area contributed by atoms with E-state index >= 15 is 0 Å². The minimum absolute atomic E-state index is 0.0567. The van der Waals surface area contributed by atoms with Crippen LogP contribution in [0.15, 0.2) is 30.3 Å². The molecule has 1 rings (SSSR count). The third-order valence-electron chi connectivity index (χ3n) is 3.18. The van der Waals surface area contributed by atoms with Crippen molar-refractivity contribution in [3.63, 3.8) is 0 Å². The van der Waals surface area contributed by atoms with Crippen molar-refractivity contribution in [3.8, 4) is 0 Å². The molecule has 0 aliphatic heterocycles. The van der Waals surface area contributed by atoms with Crippen LogP contribution in [0.25, 0.3) is 0 Å². The molecule has 0 aliphatic rings. The second kappa shape index (κ2) is 9.00. The Balaban J connectivity index is 2.71. The van der Waals surface area contributed by atoms with E-state index in [4.69, 9.17) is 5.11 Å². The van der Waals surface area contributed by atoms with Crippen molar-refractivity contribution in [2.24, 2.45) is 0 Å². The summed E-state index contributed by atoms with van der Waals surface area (Å²) in [6.07, 6.45) is 2.41. The fourth-order valence-electron chi connectivity index (χ4n) is 2.14. The topological polar surface area (TPSA) is 69.6 Å². The fourth-order valence-corrected chi connectivity index (χ4v) is 2.14. The summed E-state index contributed by atoms with van der Waals surface area (Å²) < 4.78 is 0. The normalized spacial score (nSPS) is 11.7. The van der Waals surface area contributed by atoms with Crippen LogP contribution in [0.5, 0.6) is 0 Å². The van der Waals surface area contributed by atoms with Crippen LogP contribution < -0.4 is 10.2 Å². The van der Waals surface area contributed by atoms with E-state index in [-0.39, 0.29) is 18.5 Å². The van der Waals surface area contributed by atoms with Gasteiger partial charge in [0.2, 0.25) is 0 Å². The third kappa shape index (κ3) is 6.29. The quantitative estimate of drug-likeness (QED) is 0.772. The largest absolute Gasteiger partial charge is 0.481 e. The molecular weight excluding hydrogens is 268 g/mol. The second-order valence-electron chi connectivity index (χ2n) is 5.12. The van der Waals surface area contributed by atoms with Gasteiger partial charge in [0.05, 0.1) is 0 Å². The summed E-state index contributed by atoms with van der Waals surface area (Å²) >= 11 is 0. The molecule has 0 heterocycles. The van der Waals surface area contributed by atoms with Crippen LogP contribution in [0.4, 0.5) is 10.5 Å². The van der Waals surface area contributed by atoms with E-state index in [0.717, 1.165) is 18.5 Å². The highest BCUT2D eigenvalue weighted by molar-refractivity contribution is 5.92. The van der Waals surface area contributed by atoms with Crippen LogP contribution >= 0.6 is 0 Å². The Morgan fingerprint density at radius 1 is 1.29 bits per heavy atom. The van der Waals surface area contributed by atoms with Crippen molar-refractivity contribution in [2.75, 3.05) is 11.4 Å². The first kappa shape index (κ1) is 17.0. The van der Waals surface area contributed by atoms with Gasteiger partial charge in [0.25, 0.3) is 0 Å². The van der Waals surface area contributed by atoms with Gasteiger partial charge in [0, 0.05) is 24.7 Å². The molecular formula is C16H24N2O3. The van der Waals surface area contributed by atoms with Gasteiger partial charge in [-0.2, -0.15) is 0 Å². The summed E-state index contributed by atoms with van der Waals surface area (Å²) in [5, 5.41) is 11.7. The first-order valence-corrected chi connectivity index (χ1v) is 7.39. The fraction of sp³-hybridized carbons (Fsp3) is 0.500. The predicted molar refractivity (Wildman–Crippen MR) is 83.6 cm³/mol. The molecule has 5 nitrogen and oxygen atoms in total. The molecule has 21 heavy (non-hydrogen) atoms. The van der Waals surface area contributed by atoms with Gasteiger partial charge < -0.3 is 10.4 Å². The highest BCUT2D eigenvalue weighted by Crippen LogP contribution is 2.15. The lowest BCUT2D eigenvalue weighted by molar-refractivity contribution is -0.137. The number of aliphatic carboxylic acids is 1. The number of benzene rings is 1. The number of nitrogens with one attached hydrogen (secondary N) is 1. The maximum Gasteiger partial charge on any atom is 0.322 e. The number of carbonyl (C=O) groups excluding carboxylic acids is 1. The molecule has 0 bridgehead atoms. The second-order valence-corrected chi connectivity index (χ2v) is 5.12. The number of carbonyl (C=O) groups is 2. The van der Waals surface area contributed by atoms with Crippen LogP contribution in [0.1, 0.15) is 39.5 Å². The zero-order chi connectivity index (χ0) is 15.7. The van der Waals surface area contributed by atoms with Crippen LogP contribution in [0.3, 0.4) is 0 Å². The maximum absolute atomic E-state index is 12.4. The van der Waals surface area contributed by atoms with Gasteiger partial charge in [-0.15, -0.1) is 0 Å². The summed E-state index contributed by atoms with van der Waals surface area (Å²) in [5.74, 6) is -0.845. The van der Waals surface area contributed by atoms with Crippen LogP contribution in [0, 0.1) is 0 Å². The number of nitrogens with zero attached hydrogens (tertiary/aromatic N) is 1. The average molecular weight is 292 g/mol. The number of urea groups is 1. The minimum atomic E-state index is -0.845. The summed E-state index contributed by atoms with van der Waals surface area (Å²) in [5.41, 5.74) is 0.782. The Kier molecular flexibility index (Phi) is 7.29. The standard InChI is InChI=1S/C16H24N2O3/c1-3-8-13(2)17-16(21)18(12-7-11-15(19)20)14-9-5-4-6-10-14/h4-6,9-10,13H,3,7-8,11-12H2,1-2H3,(H,17,21)(H,19,20). The Morgan fingerprint density at radius 3 is 2.52 bits per heavy atom. The van der Waals surface area contributed by atoms with E-state index in [9.17, 15) is 9.59 Å². The lowest BCUT2D eigenvalue weighted by Gasteiger charge is -2.25. The maximum atomic E-state index is 12.4. The number of anilines is 1. The smallest absolute Gasteiger partial charge is 0.322 e. The Labute approximate surface area is 126 Å². The first-order chi connectivity index (χ1) is 10.0. The zero-order valence-electron chi connectivity index (χ0n) is 12.7. The van der Waals surface area contributed by atoms with E-state index < -0.39 is 5.97 Å². The number of rotatable bonds is 8. The van der Waals surface area contributed by atoms with Crippen LogP contribution in [-0.4, -0.2) is 29.7 Å². The Hall–Kier alpha value is -2.04. The van der Waals surface area contributed by atoms with Gasteiger partial charge in [-0.25, -0.2) is 4.79 Å². The van der Waals surface area contributed by atoms with Gasteiger partial charge in [-0.3, -0.25) is 9.69 Å². The molecule has 1 aromatic carbocycles. The summed E-state index contributed by atoms with van der Waals surface area (Å²) in [6, 6.07) is 9.25. The van der Waals surface area contributed by atoms with Crippen molar-refractivity contribution in [1.29, 1.82) is 0 Å². The number of amides is 2. The molecule has 0 fully saturated rings. The van der Waals surface area contributed by atoms with Crippen LogP contribution in [-0.2, 0) is 4.79 Å². The van der Waals surface area contributed by atoms with Crippen molar-refractivity contribution >= 4 is 17.7 Å². The number of hydrogen-bond acceptors (Lipinski definition) is 2.